The molecule has 1 aliphatic rings. The van der Waals surface area contributed by atoms with Gasteiger partial charge in [0, 0.05) is 44.4 Å². The van der Waals surface area contributed by atoms with Crippen LogP contribution in [0.3, 0.4) is 0 Å². The van der Waals surface area contributed by atoms with Crippen molar-refractivity contribution in [1.82, 2.24) is 9.80 Å². The van der Waals surface area contributed by atoms with Gasteiger partial charge in [0.1, 0.15) is 0 Å². The lowest BCUT2D eigenvalue weighted by Crippen LogP contribution is -2.47. The molecule has 2 aromatic carbocycles. The standard InChI is InChI=1S/C28H39N3O3.ClH/c1-5-28(2,3)27(34)31-15-8-11-24(31)25(32)19-23(26(33)30(4)16-14-29)18-20-12-13-21-9-6-7-10-22(21)17-20;/h6-7,9-10,12-13,17,23-24H,5,8,11,14-16,18-19,29H2,1-4H3;1H/t23-,24?;/m0./s1. The Hall–Kier alpha value is -2.44. The number of carbonyl (C=O) groups excluding carboxylic acids is 3. The second-order valence-corrected chi connectivity index (χ2v) is 10.2. The minimum Gasteiger partial charge on any atom is -0.344 e. The molecule has 1 unspecified atom stereocenters. The number of Topliss-reactive ketones (excluding diaryl/α,β-unsaturated/α-hetero) is 1. The molecule has 0 spiro atoms. The predicted octanol–water partition coefficient (Wildman–Crippen LogP) is 4.22. The molecule has 2 aromatic rings. The second-order valence-electron chi connectivity index (χ2n) is 10.2. The van der Waals surface area contributed by atoms with Gasteiger partial charge in [-0.2, -0.15) is 0 Å². The van der Waals surface area contributed by atoms with Crippen molar-refractivity contribution in [3.63, 3.8) is 0 Å². The molecular formula is C28H40ClN3O3. The summed E-state index contributed by atoms with van der Waals surface area (Å²) < 4.78 is 0. The normalized spacial score (nSPS) is 16.6. The molecule has 2 N–H and O–H groups in total. The smallest absolute Gasteiger partial charge is 0.228 e. The van der Waals surface area contributed by atoms with Gasteiger partial charge < -0.3 is 15.5 Å². The fraction of sp³-hybridized carbons (Fsp3) is 0.536. The summed E-state index contributed by atoms with van der Waals surface area (Å²) in [4.78, 5) is 43.3. The van der Waals surface area contributed by atoms with Crippen molar-refractivity contribution < 1.29 is 14.4 Å². The van der Waals surface area contributed by atoms with Crippen molar-refractivity contribution in [3.05, 3.63) is 48.0 Å². The van der Waals surface area contributed by atoms with Crippen molar-refractivity contribution >= 4 is 40.8 Å². The highest BCUT2D eigenvalue weighted by Crippen LogP contribution is 2.30. The summed E-state index contributed by atoms with van der Waals surface area (Å²) in [5.74, 6) is -0.541. The zero-order valence-electron chi connectivity index (χ0n) is 21.5. The van der Waals surface area contributed by atoms with Gasteiger partial charge in [-0.15, -0.1) is 12.4 Å². The van der Waals surface area contributed by atoms with Crippen LogP contribution in [0.4, 0.5) is 0 Å². The Kier molecular flexibility index (Phi) is 10.3. The van der Waals surface area contributed by atoms with E-state index in [4.69, 9.17) is 5.73 Å². The van der Waals surface area contributed by atoms with E-state index in [-0.39, 0.29) is 36.4 Å². The van der Waals surface area contributed by atoms with E-state index in [1.165, 1.54) is 0 Å². The fourth-order valence-electron chi connectivity index (χ4n) is 4.78. The number of carbonyl (C=O) groups is 3. The molecule has 192 valence electrons. The molecule has 0 saturated carbocycles. The van der Waals surface area contributed by atoms with Gasteiger partial charge in [-0.05, 0) is 42.0 Å². The molecule has 6 nitrogen and oxygen atoms in total. The van der Waals surface area contributed by atoms with Crippen molar-refractivity contribution in [2.45, 2.75) is 58.9 Å². The number of likely N-dealkylation sites (N-methyl/N-ethyl adjacent to an activating group) is 1. The molecule has 1 heterocycles. The van der Waals surface area contributed by atoms with Gasteiger partial charge in [0.15, 0.2) is 5.78 Å². The summed E-state index contributed by atoms with van der Waals surface area (Å²) in [6.45, 7) is 7.28. The maximum absolute atomic E-state index is 13.5. The minimum atomic E-state index is -0.496. The third kappa shape index (κ3) is 6.83. The van der Waals surface area contributed by atoms with Gasteiger partial charge in [0.25, 0.3) is 0 Å². The number of ketones is 1. The third-order valence-corrected chi connectivity index (χ3v) is 7.28. The van der Waals surface area contributed by atoms with Crippen LogP contribution in [-0.2, 0) is 20.8 Å². The molecule has 0 radical (unpaired) electrons. The Bertz CT molecular complexity index is 1040. The SMILES string of the molecule is CCC(C)(C)C(=O)N1CCCC1C(=O)C[C@H](Cc1ccc2ccccc2c1)C(=O)N(C)CCN.Cl. The number of nitrogens with zero attached hydrogens (tertiary/aromatic N) is 2. The average Bonchev–Trinajstić information content (AvgIpc) is 3.32. The van der Waals surface area contributed by atoms with Crippen LogP contribution in [-0.4, -0.2) is 60.1 Å². The molecule has 0 bridgehead atoms. The number of hydrogen-bond acceptors (Lipinski definition) is 4. The van der Waals surface area contributed by atoms with Crippen LogP contribution in [0, 0.1) is 11.3 Å². The van der Waals surface area contributed by atoms with Crippen molar-refractivity contribution in [2.75, 3.05) is 26.7 Å². The van der Waals surface area contributed by atoms with E-state index < -0.39 is 17.4 Å². The van der Waals surface area contributed by atoms with Crippen LogP contribution in [0.2, 0.25) is 0 Å². The first-order valence-electron chi connectivity index (χ1n) is 12.4. The molecule has 3 rings (SSSR count). The van der Waals surface area contributed by atoms with Gasteiger partial charge in [0.05, 0.1) is 6.04 Å². The van der Waals surface area contributed by atoms with E-state index in [1.807, 2.05) is 39.0 Å². The zero-order chi connectivity index (χ0) is 24.9. The first-order valence-corrected chi connectivity index (χ1v) is 12.4. The van der Waals surface area contributed by atoms with E-state index in [2.05, 4.69) is 24.3 Å². The van der Waals surface area contributed by atoms with Crippen LogP contribution in [0.15, 0.2) is 42.5 Å². The number of nitrogens with two attached hydrogens (primary N) is 1. The minimum absolute atomic E-state index is 0. The molecule has 0 aliphatic carbocycles. The van der Waals surface area contributed by atoms with Gasteiger partial charge in [-0.1, -0.05) is 63.2 Å². The molecule has 7 heteroatoms. The van der Waals surface area contributed by atoms with E-state index in [0.29, 0.717) is 32.5 Å². The number of amides is 2. The molecule has 0 aromatic heterocycles. The number of likely N-dealkylation sites (tertiary alicyclic amines) is 1. The first-order chi connectivity index (χ1) is 16.2. The lowest BCUT2D eigenvalue weighted by molar-refractivity contribution is -0.145. The summed E-state index contributed by atoms with van der Waals surface area (Å²) in [6, 6.07) is 13.9. The number of hydrogen-bond donors (Lipinski definition) is 1. The van der Waals surface area contributed by atoms with Crippen LogP contribution in [0.5, 0.6) is 0 Å². The van der Waals surface area contributed by atoms with E-state index in [1.54, 1.807) is 16.8 Å². The van der Waals surface area contributed by atoms with Crippen LogP contribution < -0.4 is 5.73 Å². The topological polar surface area (TPSA) is 83.7 Å². The lowest BCUT2D eigenvalue weighted by Gasteiger charge is -2.32. The highest BCUT2D eigenvalue weighted by molar-refractivity contribution is 5.94. The van der Waals surface area contributed by atoms with Gasteiger partial charge in [-0.25, -0.2) is 0 Å². The molecule has 1 aliphatic heterocycles. The van der Waals surface area contributed by atoms with E-state index in [0.717, 1.165) is 29.2 Å². The van der Waals surface area contributed by atoms with E-state index >= 15 is 0 Å². The Labute approximate surface area is 215 Å². The predicted molar refractivity (Wildman–Crippen MR) is 144 cm³/mol. The number of fused-ring (bicyclic) bond motifs is 1. The summed E-state index contributed by atoms with van der Waals surface area (Å²) in [5.41, 5.74) is 6.21. The molecule has 1 fully saturated rings. The van der Waals surface area contributed by atoms with Crippen LogP contribution in [0.1, 0.15) is 52.0 Å². The summed E-state index contributed by atoms with van der Waals surface area (Å²) in [6.07, 6.45) is 2.81. The quantitative estimate of drug-likeness (QED) is 0.528. The molecule has 1 saturated heterocycles. The Morgan fingerprint density at radius 3 is 2.49 bits per heavy atom. The molecule has 35 heavy (non-hydrogen) atoms. The van der Waals surface area contributed by atoms with Gasteiger partial charge in [-0.3, -0.25) is 14.4 Å². The van der Waals surface area contributed by atoms with Crippen LogP contribution >= 0.6 is 12.4 Å². The van der Waals surface area contributed by atoms with Crippen molar-refractivity contribution in [2.24, 2.45) is 17.1 Å². The second kappa shape index (κ2) is 12.5. The Morgan fingerprint density at radius 1 is 1.14 bits per heavy atom. The number of benzene rings is 2. The summed E-state index contributed by atoms with van der Waals surface area (Å²) in [5, 5.41) is 2.26. The number of halogens is 1. The largest absolute Gasteiger partial charge is 0.344 e. The third-order valence-electron chi connectivity index (χ3n) is 7.28. The highest BCUT2D eigenvalue weighted by atomic mass is 35.5. The highest BCUT2D eigenvalue weighted by Gasteiger charge is 2.40. The van der Waals surface area contributed by atoms with Crippen molar-refractivity contribution in [1.29, 1.82) is 0 Å². The monoisotopic (exact) mass is 501 g/mol. The maximum Gasteiger partial charge on any atom is 0.228 e. The fourth-order valence-corrected chi connectivity index (χ4v) is 4.78. The maximum atomic E-state index is 13.5. The lowest BCUT2D eigenvalue weighted by atomic mass is 9.87. The van der Waals surface area contributed by atoms with Gasteiger partial charge in [0.2, 0.25) is 11.8 Å². The number of rotatable bonds is 10. The Balaban J connectivity index is 0.00000432. The summed E-state index contributed by atoms with van der Waals surface area (Å²) in [7, 11) is 1.74. The van der Waals surface area contributed by atoms with Crippen molar-refractivity contribution in [3.8, 4) is 0 Å². The van der Waals surface area contributed by atoms with Crippen LogP contribution in [0.25, 0.3) is 10.8 Å². The molecular weight excluding hydrogens is 462 g/mol. The molecule has 2 amide bonds. The van der Waals surface area contributed by atoms with Gasteiger partial charge >= 0.3 is 0 Å². The zero-order valence-corrected chi connectivity index (χ0v) is 22.3. The molecule has 2 atom stereocenters. The summed E-state index contributed by atoms with van der Waals surface area (Å²) >= 11 is 0. The Morgan fingerprint density at radius 2 is 1.83 bits per heavy atom. The van der Waals surface area contributed by atoms with E-state index in [9.17, 15) is 14.4 Å². The first kappa shape index (κ1) is 28.8. The average molecular weight is 502 g/mol.